The highest BCUT2D eigenvalue weighted by molar-refractivity contribution is 5.91. The number of nitrogens with zero attached hydrogens (tertiary/aromatic N) is 2. The summed E-state index contributed by atoms with van der Waals surface area (Å²) in [5, 5.41) is 6.02. The van der Waals surface area contributed by atoms with E-state index in [1.165, 1.54) is 36.7 Å². The van der Waals surface area contributed by atoms with Crippen molar-refractivity contribution in [2.45, 2.75) is 12.8 Å². The first-order chi connectivity index (χ1) is 9.33. The Morgan fingerprint density at radius 1 is 1.21 bits per heavy atom. The average molecular weight is 255 g/mol. The molecule has 1 aliphatic heterocycles. The summed E-state index contributed by atoms with van der Waals surface area (Å²) < 4.78 is 0. The summed E-state index contributed by atoms with van der Waals surface area (Å²) in [4.78, 5) is 6.89. The van der Waals surface area contributed by atoms with Crippen LogP contribution >= 0.6 is 0 Å². The number of hydrogen-bond acceptors (Lipinski definition) is 3. The van der Waals surface area contributed by atoms with Crippen LogP contribution in [0.3, 0.4) is 0 Å². The van der Waals surface area contributed by atoms with Gasteiger partial charge in [0.1, 0.15) is 5.82 Å². The predicted octanol–water partition coefficient (Wildman–Crippen LogP) is 2.99. The second-order valence-corrected chi connectivity index (χ2v) is 5.51. The van der Waals surface area contributed by atoms with E-state index in [0.717, 1.165) is 18.3 Å². The molecule has 19 heavy (non-hydrogen) atoms. The molecule has 0 atom stereocenters. The van der Waals surface area contributed by atoms with E-state index in [1.807, 2.05) is 6.20 Å². The van der Waals surface area contributed by atoms with E-state index in [2.05, 4.69) is 52.6 Å². The van der Waals surface area contributed by atoms with Crippen LogP contribution in [0.15, 0.2) is 36.5 Å². The second kappa shape index (κ2) is 5.57. The fraction of sp³-hybridized carbons (Fsp3) is 0.438. The number of hydrogen-bond donors (Lipinski definition) is 1. The Hall–Kier alpha value is -1.61. The van der Waals surface area contributed by atoms with Crippen LogP contribution in [0, 0.1) is 5.92 Å². The second-order valence-electron chi connectivity index (χ2n) is 5.51. The minimum absolute atomic E-state index is 0.775. The van der Waals surface area contributed by atoms with Gasteiger partial charge >= 0.3 is 0 Å². The van der Waals surface area contributed by atoms with Gasteiger partial charge in [0, 0.05) is 18.1 Å². The lowest BCUT2D eigenvalue weighted by molar-refractivity contribution is 0.226. The maximum atomic E-state index is 4.48. The predicted molar refractivity (Wildman–Crippen MR) is 80.5 cm³/mol. The molecule has 100 valence electrons. The minimum Gasteiger partial charge on any atom is -0.369 e. The van der Waals surface area contributed by atoms with E-state index in [-0.39, 0.29) is 0 Å². The van der Waals surface area contributed by atoms with Gasteiger partial charge in [0.2, 0.25) is 0 Å². The zero-order valence-electron chi connectivity index (χ0n) is 11.5. The number of fused-ring (bicyclic) bond motifs is 1. The lowest BCUT2D eigenvalue weighted by atomic mass is 9.97. The Bertz CT molecular complexity index is 539. The summed E-state index contributed by atoms with van der Waals surface area (Å²) in [6.07, 6.45) is 4.46. The molecule has 3 nitrogen and oxygen atoms in total. The summed E-state index contributed by atoms with van der Waals surface area (Å²) in [7, 11) is 2.20. The topological polar surface area (TPSA) is 28.2 Å². The molecule has 0 bridgehead atoms. The van der Waals surface area contributed by atoms with Gasteiger partial charge in [-0.15, -0.1) is 0 Å². The van der Waals surface area contributed by atoms with Crippen LogP contribution in [0.2, 0.25) is 0 Å². The fourth-order valence-corrected chi connectivity index (χ4v) is 2.77. The maximum Gasteiger partial charge on any atom is 0.133 e. The molecule has 1 N–H and O–H groups in total. The standard InChI is InChI=1S/C16H21N3/c1-19-10-7-13(8-11-19)12-18-16-15-5-3-2-4-14(15)6-9-17-16/h2-6,9,13H,7-8,10-12H2,1H3,(H,17,18). The van der Waals surface area contributed by atoms with Gasteiger partial charge in [-0.3, -0.25) is 0 Å². The minimum atomic E-state index is 0.775. The van der Waals surface area contributed by atoms with Crippen LogP contribution in [-0.2, 0) is 0 Å². The molecule has 0 aliphatic carbocycles. The highest BCUT2D eigenvalue weighted by Crippen LogP contribution is 2.22. The van der Waals surface area contributed by atoms with Crippen molar-refractivity contribution in [2.24, 2.45) is 5.92 Å². The summed E-state index contributed by atoms with van der Waals surface area (Å²) in [6, 6.07) is 10.5. The van der Waals surface area contributed by atoms with Crippen molar-refractivity contribution in [1.82, 2.24) is 9.88 Å². The Kier molecular flexibility index (Phi) is 3.65. The third-order valence-electron chi connectivity index (χ3n) is 4.07. The van der Waals surface area contributed by atoms with Gasteiger partial charge < -0.3 is 10.2 Å². The fourth-order valence-electron chi connectivity index (χ4n) is 2.77. The molecule has 0 amide bonds. The monoisotopic (exact) mass is 255 g/mol. The Morgan fingerprint density at radius 3 is 2.84 bits per heavy atom. The lowest BCUT2D eigenvalue weighted by Gasteiger charge is -2.29. The Labute approximate surface area is 114 Å². The molecule has 3 heteroatoms. The molecule has 0 spiro atoms. The summed E-state index contributed by atoms with van der Waals surface area (Å²) in [5.74, 6) is 1.80. The molecule has 0 unspecified atom stereocenters. The van der Waals surface area contributed by atoms with E-state index in [1.54, 1.807) is 0 Å². The Morgan fingerprint density at radius 2 is 2.00 bits per heavy atom. The number of benzene rings is 1. The summed E-state index contributed by atoms with van der Waals surface area (Å²) in [6.45, 7) is 3.47. The molecule has 0 radical (unpaired) electrons. The number of pyridine rings is 1. The third kappa shape index (κ3) is 2.87. The third-order valence-corrected chi connectivity index (χ3v) is 4.07. The van der Waals surface area contributed by atoms with Crippen molar-refractivity contribution in [3.63, 3.8) is 0 Å². The number of likely N-dealkylation sites (tertiary alicyclic amines) is 1. The van der Waals surface area contributed by atoms with Crippen LogP contribution in [0.5, 0.6) is 0 Å². The molecule has 2 aromatic rings. The smallest absolute Gasteiger partial charge is 0.133 e. The van der Waals surface area contributed by atoms with Gasteiger partial charge in [-0.2, -0.15) is 0 Å². The highest BCUT2D eigenvalue weighted by Gasteiger charge is 2.16. The van der Waals surface area contributed by atoms with Crippen LogP contribution in [-0.4, -0.2) is 36.6 Å². The van der Waals surface area contributed by atoms with Crippen molar-refractivity contribution in [1.29, 1.82) is 0 Å². The molecule has 3 rings (SSSR count). The van der Waals surface area contributed by atoms with Crippen molar-refractivity contribution in [3.05, 3.63) is 36.5 Å². The van der Waals surface area contributed by atoms with Crippen molar-refractivity contribution in [2.75, 3.05) is 32.0 Å². The van der Waals surface area contributed by atoms with Gasteiger partial charge in [0.25, 0.3) is 0 Å². The van der Waals surface area contributed by atoms with Crippen molar-refractivity contribution in [3.8, 4) is 0 Å². The molecule has 1 fully saturated rings. The molecule has 1 saturated heterocycles. The zero-order chi connectivity index (χ0) is 13.1. The first kappa shape index (κ1) is 12.4. The van der Waals surface area contributed by atoms with Crippen LogP contribution < -0.4 is 5.32 Å². The molecule has 0 saturated carbocycles. The lowest BCUT2D eigenvalue weighted by Crippen LogP contribution is -2.33. The first-order valence-electron chi connectivity index (χ1n) is 7.09. The molecular weight excluding hydrogens is 234 g/mol. The van der Waals surface area contributed by atoms with Gasteiger partial charge in [0.15, 0.2) is 0 Å². The van der Waals surface area contributed by atoms with E-state index in [4.69, 9.17) is 0 Å². The molecular formula is C16H21N3. The number of piperidine rings is 1. The molecule has 1 aromatic carbocycles. The Balaban J connectivity index is 1.68. The van der Waals surface area contributed by atoms with Gasteiger partial charge in [-0.05, 0) is 50.3 Å². The number of aromatic nitrogens is 1. The van der Waals surface area contributed by atoms with Gasteiger partial charge in [0.05, 0.1) is 0 Å². The van der Waals surface area contributed by atoms with Gasteiger partial charge in [-0.1, -0.05) is 24.3 Å². The molecule has 1 aromatic heterocycles. The SMILES string of the molecule is CN1CCC(CNc2nccc3ccccc23)CC1. The average Bonchev–Trinajstić information content (AvgIpc) is 2.47. The van der Waals surface area contributed by atoms with E-state index in [9.17, 15) is 0 Å². The van der Waals surface area contributed by atoms with Gasteiger partial charge in [-0.25, -0.2) is 4.98 Å². The number of anilines is 1. The van der Waals surface area contributed by atoms with E-state index < -0.39 is 0 Å². The summed E-state index contributed by atoms with van der Waals surface area (Å²) in [5.41, 5.74) is 0. The number of nitrogens with one attached hydrogen (secondary N) is 1. The zero-order valence-corrected chi connectivity index (χ0v) is 11.5. The first-order valence-corrected chi connectivity index (χ1v) is 7.09. The highest BCUT2D eigenvalue weighted by atomic mass is 15.1. The maximum absolute atomic E-state index is 4.48. The largest absolute Gasteiger partial charge is 0.369 e. The molecule has 2 heterocycles. The quantitative estimate of drug-likeness (QED) is 0.914. The van der Waals surface area contributed by atoms with E-state index >= 15 is 0 Å². The van der Waals surface area contributed by atoms with Crippen molar-refractivity contribution < 1.29 is 0 Å². The van der Waals surface area contributed by atoms with E-state index in [0.29, 0.717) is 0 Å². The normalized spacial score (nSPS) is 17.7. The molecule has 1 aliphatic rings. The summed E-state index contributed by atoms with van der Waals surface area (Å²) >= 11 is 0. The van der Waals surface area contributed by atoms with Crippen LogP contribution in [0.1, 0.15) is 12.8 Å². The number of rotatable bonds is 3. The van der Waals surface area contributed by atoms with Crippen LogP contribution in [0.25, 0.3) is 10.8 Å². The van der Waals surface area contributed by atoms with Crippen molar-refractivity contribution >= 4 is 16.6 Å². The van der Waals surface area contributed by atoms with Crippen LogP contribution in [0.4, 0.5) is 5.82 Å².